The van der Waals surface area contributed by atoms with E-state index >= 15 is 0 Å². The molecule has 1 heterocycles. The van der Waals surface area contributed by atoms with Crippen LogP contribution < -0.4 is 0 Å². The molecule has 28 heavy (non-hydrogen) atoms. The zero-order chi connectivity index (χ0) is 21.1. The van der Waals surface area contributed by atoms with Gasteiger partial charge < -0.3 is 20.4 Å². The van der Waals surface area contributed by atoms with Gasteiger partial charge in [0.2, 0.25) is 0 Å². The Bertz CT molecular complexity index is 308. The molecule has 0 unspecified atom stereocenters. The molecule has 1 rings (SSSR count). The van der Waals surface area contributed by atoms with Gasteiger partial charge in [0, 0.05) is 78.5 Å². The summed E-state index contributed by atoms with van der Waals surface area (Å²) in [5, 5.41) is 39.4. The second kappa shape index (κ2) is 13.8. The summed E-state index contributed by atoms with van der Waals surface area (Å²) < 4.78 is 0. The van der Waals surface area contributed by atoms with Crippen molar-refractivity contribution < 1.29 is 20.4 Å². The summed E-state index contributed by atoms with van der Waals surface area (Å²) in [6.45, 7) is 16.4. The first-order chi connectivity index (χ1) is 13.2. The lowest BCUT2D eigenvalue weighted by Crippen LogP contribution is -2.49. The van der Waals surface area contributed by atoms with E-state index in [1.165, 1.54) is 0 Å². The maximum atomic E-state index is 9.86. The van der Waals surface area contributed by atoms with Crippen LogP contribution in [0.15, 0.2) is 0 Å². The first-order valence-electron chi connectivity index (χ1n) is 10.8. The molecule has 0 aromatic heterocycles. The number of hydrogen-bond donors (Lipinski definition) is 4. The van der Waals surface area contributed by atoms with Gasteiger partial charge in [-0.2, -0.15) is 0 Å². The fraction of sp³-hybridized carbons (Fsp3) is 1.00. The van der Waals surface area contributed by atoms with Gasteiger partial charge in [-0.05, 0) is 27.7 Å². The van der Waals surface area contributed by atoms with Crippen LogP contribution in [0.1, 0.15) is 27.7 Å². The Kier molecular flexibility index (Phi) is 12.7. The largest absolute Gasteiger partial charge is 0.392 e. The highest BCUT2D eigenvalue weighted by Gasteiger charge is 2.19. The van der Waals surface area contributed by atoms with Gasteiger partial charge in [-0.1, -0.05) is 0 Å². The van der Waals surface area contributed by atoms with Crippen molar-refractivity contribution in [2.75, 3.05) is 78.5 Å². The maximum Gasteiger partial charge on any atom is 0.0639 e. The molecule has 1 saturated heterocycles. The molecule has 0 aliphatic carbocycles. The van der Waals surface area contributed by atoms with Gasteiger partial charge in [-0.3, -0.25) is 19.6 Å². The Balaban J connectivity index is 2.85. The van der Waals surface area contributed by atoms with Crippen LogP contribution in [0.2, 0.25) is 0 Å². The Morgan fingerprint density at radius 3 is 0.679 bits per heavy atom. The van der Waals surface area contributed by atoms with Gasteiger partial charge >= 0.3 is 0 Å². The average Bonchev–Trinajstić information content (AvgIpc) is 2.55. The third kappa shape index (κ3) is 12.3. The summed E-state index contributed by atoms with van der Waals surface area (Å²) in [4.78, 5) is 9.07. The molecule has 0 spiro atoms. The smallest absolute Gasteiger partial charge is 0.0639 e. The van der Waals surface area contributed by atoms with E-state index in [0.717, 1.165) is 52.4 Å². The van der Waals surface area contributed by atoms with Gasteiger partial charge in [0.1, 0.15) is 0 Å². The predicted octanol–water partition coefficient (Wildman–Crippen LogP) is -1.27. The second-order valence-electron chi connectivity index (χ2n) is 8.60. The summed E-state index contributed by atoms with van der Waals surface area (Å²) in [5.41, 5.74) is 0. The molecular formula is C20H44N4O4. The van der Waals surface area contributed by atoms with Gasteiger partial charge in [0.15, 0.2) is 0 Å². The number of β-amino-alcohol motifs (C(OH)–C–C–N with tert-alkyl or cyclic N) is 4. The molecular weight excluding hydrogens is 360 g/mol. The van der Waals surface area contributed by atoms with Crippen LogP contribution in [-0.2, 0) is 0 Å². The molecule has 0 radical (unpaired) electrons. The average molecular weight is 405 g/mol. The van der Waals surface area contributed by atoms with Crippen molar-refractivity contribution in [3.63, 3.8) is 0 Å². The topological polar surface area (TPSA) is 93.9 Å². The van der Waals surface area contributed by atoms with Gasteiger partial charge in [-0.25, -0.2) is 0 Å². The van der Waals surface area contributed by atoms with Crippen LogP contribution in [0, 0.1) is 0 Å². The minimum absolute atomic E-state index is 0.384. The van der Waals surface area contributed by atoms with Crippen molar-refractivity contribution in [1.29, 1.82) is 0 Å². The van der Waals surface area contributed by atoms with E-state index in [1.54, 1.807) is 0 Å². The molecule has 1 fully saturated rings. The fourth-order valence-corrected chi connectivity index (χ4v) is 3.80. The molecule has 4 N–H and O–H groups in total. The monoisotopic (exact) mass is 404 g/mol. The zero-order valence-electron chi connectivity index (χ0n) is 18.4. The van der Waals surface area contributed by atoms with Crippen molar-refractivity contribution in [3.8, 4) is 0 Å². The Morgan fingerprint density at radius 2 is 0.571 bits per heavy atom. The highest BCUT2D eigenvalue weighted by atomic mass is 16.3. The molecule has 0 saturated carbocycles. The molecule has 4 atom stereocenters. The van der Waals surface area contributed by atoms with Crippen LogP contribution in [-0.4, -0.2) is 143 Å². The van der Waals surface area contributed by atoms with E-state index in [4.69, 9.17) is 0 Å². The summed E-state index contributed by atoms with van der Waals surface area (Å²) in [7, 11) is 0. The molecule has 8 heteroatoms. The lowest BCUT2D eigenvalue weighted by molar-refractivity contribution is 0.0576. The van der Waals surface area contributed by atoms with Gasteiger partial charge in [0.25, 0.3) is 0 Å². The van der Waals surface area contributed by atoms with Crippen LogP contribution >= 0.6 is 0 Å². The lowest BCUT2D eigenvalue weighted by atomic mass is 10.2. The molecule has 1 aliphatic rings. The van der Waals surface area contributed by atoms with Crippen LogP contribution in [0.25, 0.3) is 0 Å². The van der Waals surface area contributed by atoms with Gasteiger partial charge in [0.05, 0.1) is 24.4 Å². The van der Waals surface area contributed by atoms with E-state index < -0.39 is 0 Å². The van der Waals surface area contributed by atoms with Gasteiger partial charge in [-0.15, -0.1) is 0 Å². The second-order valence-corrected chi connectivity index (χ2v) is 8.60. The quantitative estimate of drug-likeness (QED) is 0.398. The van der Waals surface area contributed by atoms with Crippen molar-refractivity contribution in [2.24, 2.45) is 0 Å². The molecule has 0 aromatic carbocycles. The van der Waals surface area contributed by atoms with Crippen molar-refractivity contribution in [2.45, 2.75) is 52.1 Å². The Labute approximate surface area is 171 Å². The zero-order valence-corrected chi connectivity index (χ0v) is 18.4. The minimum atomic E-state index is -0.384. The molecule has 168 valence electrons. The van der Waals surface area contributed by atoms with E-state index in [9.17, 15) is 20.4 Å². The number of hydrogen-bond acceptors (Lipinski definition) is 8. The Morgan fingerprint density at radius 1 is 0.429 bits per heavy atom. The molecule has 0 aromatic rings. The first kappa shape index (κ1) is 25.7. The maximum absolute atomic E-state index is 9.86. The normalized spacial score (nSPS) is 24.9. The predicted molar refractivity (Wildman–Crippen MR) is 112 cm³/mol. The van der Waals surface area contributed by atoms with Crippen molar-refractivity contribution >= 4 is 0 Å². The van der Waals surface area contributed by atoms with E-state index in [0.29, 0.717) is 26.2 Å². The summed E-state index contributed by atoms with van der Waals surface area (Å²) >= 11 is 0. The number of aliphatic hydroxyl groups excluding tert-OH is 4. The molecule has 1 aliphatic heterocycles. The molecule has 0 bridgehead atoms. The number of rotatable bonds is 8. The standard InChI is InChI=1S/C20H44N4O4/c1-17(25)13-21-5-7-22(14-18(2)26)9-11-24(16-20(4)28)12-10-23(8-6-21)15-19(3)27/h17-20,25-28H,5-16H2,1-4H3/t17-,18-,19-,20+/m1/s1. The third-order valence-corrected chi connectivity index (χ3v) is 5.02. The van der Waals surface area contributed by atoms with E-state index in [2.05, 4.69) is 19.6 Å². The lowest BCUT2D eigenvalue weighted by Gasteiger charge is -2.35. The summed E-state index contributed by atoms with van der Waals surface area (Å²) in [6.07, 6.45) is -1.54. The van der Waals surface area contributed by atoms with E-state index in [-0.39, 0.29) is 24.4 Å². The van der Waals surface area contributed by atoms with Crippen molar-refractivity contribution in [3.05, 3.63) is 0 Å². The fourth-order valence-electron chi connectivity index (χ4n) is 3.80. The minimum Gasteiger partial charge on any atom is -0.392 e. The van der Waals surface area contributed by atoms with Crippen molar-refractivity contribution in [1.82, 2.24) is 19.6 Å². The third-order valence-electron chi connectivity index (χ3n) is 5.02. The summed E-state index contributed by atoms with van der Waals surface area (Å²) in [5.74, 6) is 0. The van der Waals surface area contributed by atoms with Crippen LogP contribution in [0.3, 0.4) is 0 Å². The van der Waals surface area contributed by atoms with Crippen LogP contribution in [0.4, 0.5) is 0 Å². The number of nitrogens with zero attached hydrogens (tertiary/aromatic N) is 4. The summed E-state index contributed by atoms with van der Waals surface area (Å²) in [6, 6.07) is 0. The van der Waals surface area contributed by atoms with Crippen LogP contribution in [0.5, 0.6) is 0 Å². The Hall–Kier alpha value is -0.320. The number of aliphatic hydroxyl groups is 4. The highest BCUT2D eigenvalue weighted by Crippen LogP contribution is 2.04. The highest BCUT2D eigenvalue weighted by molar-refractivity contribution is 4.75. The first-order valence-corrected chi connectivity index (χ1v) is 10.8. The van der Waals surface area contributed by atoms with E-state index in [1.807, 2.05) is 27.7 Å². The molecule has 8 nitrogen and oxygen atoms in total. The SMILES string of the molecule is C[C@H](O)CN1CCN(C[C@@H](C)O)CCN(C[C@@H](C)O)CCN(C[C@@H](C)O)CC1. The molecule has 0 amide bonds.